The number of anilines is 1. The van der Waals surface area contributed by atoms with Gasteiger partial charge in [-0.1, -0.05) is 37.3 Å². The highest BCUT2D eigenvalue weighted by Crippen LogP contribution is 2.70. The topological polar surface area (TPSA) is 114 Å². The number of alkyl halides is 2. The van der Waals surface area contributed by atoms with E-state index in [-0.39, 0.29) is 31.3 Å². The molecule has 2 aromatic carbocycles. The highest BCUT2D eigenvalue weighted by Gasteiger charge is 2.79. The van der Waals surface area contributed by atoms with Crippen LogP contribution in [0.25, 0.3) is 10.9 Å². The lowest BCUT2D eigenvalue weighted by atomic mass is 9.45. The number of aromatic amines is 1. The van der Waals surface area contributed by atoms with Gasteiger partial charge in [-0.25, -0.2) is 8.78 Å². The Kier molecular flexibility index (Phi) is 9.15. The number of hydrogen-bond acceptors (Lipinski definition) is 10. The molecule has 1 aromatic heterocycles. The summed E-state index contributed by atoms with van der Waals surface area (Å²) < 4.78 is 55.0. The predicted molar refractivity (Wildman–Crippen MR) is 218 cm³/mol. The Hall–Kier alpha value is -4.49. The lowest BCUT2D eigenvalue weighted by Gasteiger charge is -2.64. The number of piperidine rings is 1. The fourth-order valence-electron chi connectivity index (χ4n) is 13.7. The summed E-state index contributed by atoms with van der Waals surface area (Å²) in [6, 6.07) is 11.3. The average Bonchev–Trinajstić information content (AvgIpc) is 3.86. The average molecular weight is 815 g/mol. The number of methoxy groups -OCH3 is 3. The molecular weight excluding hydrogens is 759 g/mol. The maximum Gasteiger partial charge on any atom is 0.322 e. The van der Waals surface area contributed by atoms with Crippen LogP contribution in [-0.4, -0.2) is 111 Å². The molecule has 10 atom stereocenters. The Morgan fingerprint density at radius 1 is 1.02 bits per heavy atom. The van der Waals surface area contributed by atoms with E-state index in [2.05, 4.69) is 44.8 Å². The molecule has 9 rings (SSSR count). The van der Waals surface area contributed by atoms with E-state index in [4.69, 9.17) is 18.9 Å². The number of hydrogen-bond donors (Lipinski definition) is 1. The standard InChI is InChI=1S/C46H56F2N4O7/c1-9-44-15-12-17-52-18-16-45(38(44)52)31-20-32(35(56-6)21-34(31)50(5)37(45)42(3,40(54)57-7)39(44)59-26(2)53)46(41(55)58-8)22-27-19-28(43(4,47)48)24-51(23-27)25-30-29-13-10-11-14-33(29)49-36(30)46/h10-15,20-21,27-28,37-39,49H,9,16-19,22-25H2,1-8H3/t27-,28-,37+,38+,39+,42-,44-,45+,46+/m1/s1. The molecule has 0 amide bonds. The van der Waals surface area contributed by atoms with E-state index < -0.39 is 63.6 Å². The number of fused-ring (bicyclic) bond motifs is 6. The van der Waals surface area contributed by atoms with E-state index in [0.717, 1.165) is 41.2 Å². The summed E-state index contributed by atoms with van der Waals surface area (Å²) in [7, 11) is 6.34. The van der Waals surface area contributed by atoms with Gasteiger partial charge in [0.05, 0.1) is 27.4 Å². The van der Waals surface area contributed by atoms with Crippen LogP contribution in [0.5, 0.6) is 5.75 Å². The fraction of sp³-hybridized carbons (Fsp3) is 0.587. The summed E-state index contributed by atoms with van der Waals surface area (Å²) in [5.41, 5.74) is 0.443. The Balaban J connectivity index is 1.35. The van der Waals surface area contributed by atoms with Crippen LogP contribution < -0.4 is 9.64 Å². The molecule has 59 heavy (non-hydrogen) atoms. The van der Waals surface area contributed by atoms with Crippen LogP contribution in [0, 0.1) is 22.7 Å². The van der Waals surface area contributed by atoms with Gasteiger partial charge in [0.25, 0.3) is 0 Å². The molecule has 1 unspecified atom stereocenters. The second kappa shape index (κ2) is 13.5. The van der Waals surface area contributed by atoms with Crippen molar-refractivity contribution in [3.8, 4) is 5.75 Å². The van der Waals surface area contributed by atoms with E-state index in [9.17, 15) is 9.59 Å². The molecule has 1 N–H and O–H groups in total. The van der Waals surface area contributed by atoms with E-state index in [1.165, 1.54) is 21.1 Å². The molecule has 11 nitrogen and oxygen atoms in total. The number of aromatic nitrogens is 1. The number of benzene rings is 2. The predicted octanol–water partition coefficient (Wildman–Crippen LogP) is 6.35. The highest BCUT2D eigenvalue weighted by atomic mass is 19.3. The third-order valence-electron chi connectivity index (χ3n) is 15.7. The van der Waals surface area contributed by atoms with E-state index >= 15 is 13.6 Å². The number of H-pyrrole nitrogens is 1. The van der Waals surface area contributed by atoms with Crippen molar-refractivity contribution in [1.29, 1.82) is 0 Å². The summed E-state index contributed by atoms with van der Waals surface area (Å²) in [4.78, 5) is 53.3. The monoisotopic (exact) mass is 814 g/mol. The Morgan fingerprint density at radius 2 is 1.76 bits per heavy atom. The lowest BCUT2D eigenvalue weighted by Crippen LogP contribution is -2.77. The second-order valence-electron chi connectivity index (χ2n) is 18.5. The van der Waals surface area contributed by atoms with Gasteiger partial charge in [-0.15, -0.1) is 0 Å². The zero-order chi connectivity index (χ0) is 42.0. The van der Waals surface area contributed by atoms with Crippen LogP contribution >= 0.6 is 0 Å². The molecule has 316 valence electrons. The Labute approximate surface area is 344 Å². The number of rotatable bonds is 7. The Bertz CT molecular complexity index is 2270. The van der Waals surface area contributed by atoms with E-state index in [1.54, 1.807) is 7.11 Å². The molecule has 13 heteroatoms. The van der Waals surface area contributed by atoms with Gasteiger partial charge >= 0.3 is 17.9 Å². The van der Waals surface area contributed by atoms with Crippen molar-refractivity contribution in [2.75, 3.05) is 59.5 Å². The molecule has 2 saturated heterocycles. The smallest absolute Gasteiger partial charge is 0.322 e. The molecule has 3 fully saturated rings. The number of para-hydroxylation sites is 1. The number of halogens is 2. The van der Waals surface area contributed by atoms with Gasteiger partial charge in [-0.2, -0.15) is 0 Å². The molecule has 3 aromatic rings. The molecule has 6 heterocycles. The quantitative estimate of drug-likeness (QED) is 0.165. The summed E-state index contributed by atoms with van der Waals surface area (Å²) in [6.45, 7) is 8.96. The summed E-state index contributed by atoms with van der Waals surface area (Å²) in [6.07, 6.45) is 5.15. The minimum Gasteiger partial charge on any atom is -0.496 e. The molecule has 6 aliphatic rings. The molecule has 1 saturated carbocycles. The number of esters is 3. The second-order valence-corrected chi connectivity index (χ2v) is 18.5. The van der Waals surface area contributed by atoms with Crippen LogP contribution in [-0.2, 0) is 46.0 Å². The van der Waals surface area contributed by atoms with Crippen LogP contribution in [0.3, 0.4) is 0 Å². The van der Waals surface area contributed by atoms with Gasteiger partial charge in [0, 0.05) is 96.9 Å². The maximum atomic E-state index is 15.3. The largest absolute Gasteiger partial charge is 0.496 e. The maximum absolute atomic E-state index is 15.3. The number of nitrogens with one attached hydrogen (secondary N) is 1. The summed E-state index contributed by atoms with van der Waals surface area (Å²) in [5.74, 6) is -5.10. The molecule has 2 bridgehead atoms. The van der Waals surface area contributed by atoms with Crippen LogP contribution in [0.2, 0.25) is 0 Å². The van der Waals surface area contributed by atoms with Crippen LogP contribution in [0.1, 0.15) is 75.8 Å². The van der Waals surface area contributed by atoms with Gasteiger partial charge in [0.15, 0.2) is 0 Å². The third-order valence-corrected chi connectivity index (χ3v) is 15.7. The van der Waals surface area contributed by atoms with E-state index in [0.29, 0.717) is 49.5 Å². The van der Waals surface area contributed by atoms with Gasteiger partial charge in [-0.3, -0.25) is 24.2 Å². The van der Waals surface area contributed by atoms with Crippen molar-refractivity contribution in [3.05, 3.63) is 70.9 Å². The molecule has 0 radical (unpaired) electrons. The summed E-state index contributed by atoms with van der Waals surface area (Å²) >= 11 is 0. The van der Waals surface area contributed by atoms with Crippen molar-refractivity contribution >= 4 is 34.5 Å². The van der Waals surface area contributed by atoms with Crippen molar-refractivity contribution in [2.24, 2.45) is 22.7 Å². The molecule has 1 spiro atoms. The highest BCUT2D eigenvalue weighted by molar-refractivity contribution is 5.94. The molecule has 5 aliphatic heterocycles. The number of ether oxygens (including phenoxy) is 4. The Morgan fingerprint density at radius 3 is 2.44 bits per heavy atom. The van der Waals surface area contributed by atoms with Gasteiger partial charge in [-0.05, 0) is 75.3 Å². The normalized spacial score (nSPS) is 35.8. The first kappa shape index (κ1) is 39.9. The SMILES string of the molecule is CC[C@]12C=CCN3CC[C@@]4(c5cc([C@@]6(C(=O)OC)C[C@H]7C[C@@H](C(C)(F)F)CN(Cc8c6[nH]c6ccccc86)C7)c(OC)cc5N(C)[C@H]4[C@@](C)(C(=O)OC)[C@@H]1OC(C)=O)[C@@H]32. The summed E-state index contributed by atoms with van der Waals surface area (Å²) in [5, 5.41) is 0.920. The zero-order valence-corrected chi connectivity index (χ0v) is 35.3. The zero-order valence-electron chi connectivity index (χ0n) is 35.3. The van der Waals surface area contributed by atoms with Gasteiger partial charge < -0.3 is 28.8 Å². The third kappa shape index (κ3) is 5.18. The van der Waals surface area contributed by atoms with Gasteiger partial charge in [0.2, 0.25) is 5.92 Å². The number of nitrogens with zero attached hydrogens (tertiary/aromatic N) is 3. The van der Waals surface area contributed by atoms with Gasteiger partial charge in [0.1, 0.15) is 22.7 Å². The van der Waals surface area contributed by atoms with Crippen molar-refractivity contribution < 1.29 is 42.1 Å². The van der Waals surface area contributed by atoms with E-state index in [1.807, 2.05) is 44.3 Å². The van der Waals surface area contributed by atoms with Crippen molar-refractivity contribution in [3.63, 3.8) is 0 Å². The van der Waals surface area contributed by atoms with Crippen molar-refractivity contribution in [2.45, 2.75) is 94.9 Å². The fourth-order valence-corrected chi connectivity index (χ4v) is 13.7. The van der Waals surface area contributed by atoms with Crippen LogP contribution in [0.4, 0.5) is 14.5 Å². The molecule has 1 aliphatic carbocycles. The molecular formula is C46H56F2N4O7. The number of carbonyl (C=O) groups is 3. The van der Waals surface area contributed by atoms with Crippen molar-refractivity contribution in [1.82, 2.24) is 14.8 Å². The first-order chi connectivity index (χ1) is 28.1. The lowest BCUT2D eigenvalue weighted by molar-refractivity contribution is -0.203. The van der Waals surface area contributed by atoms with Crippen LogP contribution in [0.15, 0.2) is 48.6 Å². The first-order valence-electron chi connectivity index (χ1n) is 21.0. The first-order valence-corrected chi connectivity index (χ1v) is 21.0. The minimum absolute atomic E-state index is 0.198. The minimum atomic E-state index is -2.91. The number of likely N-dealkylation sites (N-methyl/N-ethyl adjacent to an activating group) is 1. The number of carbonyl (C=O) groups excluding carboxylic acids is 3.